The van der Waals surface area contributed by atoms with Crippen LogP contribution in [0, 0.1) is 5.92 Å². The smallest absolute Gasteiger partial charge is 0.413 e. The van der Waals surface area contributed by atoms with E-state index < -0.39 is 12.1 Å². The van der Waals surface area contributed by atoms with Gasteiger partial charge in [0, 0.05) is 0 Å². The summed E-state index contributed by atoms with van der Waals surface area (Å²) in [6, 6.07) is 8.37. The minimum absolute atomic E-state index is 0.320. The highest BCUT2D eigenvalue weighted by molar-refractivity contribution is 5.76. The SMILES string of the molecule is COC(=O)[C@@H]1CCC=C[C@@H]1NC(=O)Oc1ccccc1. The molecule has 1 aromatic rings. The summed E-state index contributed by atoms with van der Waals surface area (Å²) < 4.78 is 9.90. The summed E-state index contributed by atoms with van der Waals surface area (Å²) in [5.41, 5.74) is 0. The molecule has 1 amide bonds. The fourth-order valence-corrected chi connectivity index (χ4v) is 2.16. The molecule has 0 spiro atoms. The Morgan fingerprint density at radius 2 is 2.00 bits per heavy atom. The van der Waals surface area contributed by atoms with Crippen LogP contribution in [0.4, 0.5) is 4.79 Å². The first-order valence-electron chi connectivity index (χ1n) is 6.48. The third-order valence-corrected chi connectivity index (χ3v) is 3.16. The number of ether oxygens (including phenoxy) is 2. The quantitative estimate of drug-likeness (QED) is 0.679. The van der Waals surface area contributed by atoms with Crippen LogP contribution in [-0.2, 0) is 9.53 Å². The Hall–Kier alpha value is -2.30. The molecule has 5 nitrogen and oxygen atoms in total. The minimum atomic E-state index is -0.582. The molecule has 2 atom stereocenters. The fourth-order valence-electron chi connectivity index (χ4n) is 2.16. The molecule has 0 fully saturated rings. The van der Waals surface area contributed by atoms with Gasteiger partial charge in [0.2, 0.25) is 0 Å². The van der Waals surface area contributed by atoms with Gasteiger partial charge < -0.3 is 14.8 Å². The molecule has 2 rings (SSSR count). The number of carbonyl (C=O) groups excluding carboxylic acids is 2. The number of nitrogens with one attached hydrogen (secondary N) is 1. The molecular weight excluding hydrogens is 258 g/mol. The van der Waals surface area contributed by atoms with Crippen molar-refractivity contribution in [2.45, 2.75) is 18.9 Å². The molecule has 0 aromatic heterocycles. The molecule has 0 unspecified atom stereocenters. The predicted molar refractivity (Wildman–Crippen MR) is 73.3 cm³/mol. The van der Waals surface area contributed by atoms with Crippen molar-refractivity contribution in [3.8, 4) is 5.75 Å². The molecule has 0 radical (unpaired) electrons. The molecule has 20 heavy (non-hydrogen) atoms. The van der Waals surface area contributed by atoms with Gasteiger partial charge in [0.1, 0.15) is 5.75 Å². The first kappa shape index (κ1) is 14.1. The number of esters is 1. The maximum atomic E-state index is 11.8. The van der Waals surface area contributed by atoms with Gasteiger partial charge >= 0.3 is 12.1 Å². The van der Waals surface area contributed by atoms with Crippen LogP contribution < -0.4 is 10.1 Å². The molecule has 106 valence electrons. The van der Waals surface area contributed by atoms with Gasteiger partial charge in [-0.3, -0.25) is 4.79 Å². The Balaban J connectivity index is 1.96. The normalized spacial score (nSPS) is 21.1. The average molecular weight is 275 g/mol. The Labute approximate surface area is 117 Å². The van der Waals surface area contributed by atoms with E-state index >= 15 is 0 Å². The van der Waals surface area contributed by atoms with Gasteiger partial charge in [-0.25, -0.2) is 4.79 Å². The lowest BCUT2D eigenvalue weighted by Gasteiger charge is -2.25. The third kappa shape index (κ3) is 3.60. The van der Waals surface area contributed by atoms with Gasteiger partial charge in [0.05, 0.1) is 19.1 Å². The monoisotopic (exact) mass is 275 g/mol. The summed E-state index contributed by atoms with van der Waals surface area (Å²) in [6.45, 7) is 0. The maximum absolute atomic E-state index is 11.8. The molecule has 0 bridgehead atoms. The van der Waals surface area contributed by atoms with E-state index in [0.717, 1.165) is 6.42 Å². The molecule has 0 saturated carbocycles. The van der Waals surface area contributed by atoms with E-state index in [1.807, 2.05) is 12.1 Å². The summed E-state index contributed by atoms with van der Waals surface area (Å²) in [5, 5.41) is 2.68. The summed E-state index contributed by atoms with van der Waals surface area (Å²) in [4.78, 5) is 23.5. The zero-order valence-electron chi connectivity index (χ0n) is 11.2. The zero-order chi connectivity index (χ0) is 14.4. The number of allylic oxidation sites excluding steroid dienone is 1. The van der Waals surface area contributed by atoms with Crippen molar-refractivity contribution in [2.24, 2.45) is 5.92 Å². The highest BCUT2D eigenvalue weighted by Crippen LogP contribution is 2.20. The van der Waals surface area contributed by atoms with Crippen molar-refractivity contribution in [2.75, 3.05) is 7.11 Å². The Kier molecular flexibility index (Phi) is 4.76. The first-order chi connectivity index (χ1) is 9.70. The molecule has 0 saturated heterocycles. The molecular formula is C15H17NO4. The first-order valence-corrected chi connectivity index (χ1v) is 6.48. The van der Waals surface area contributed by atoms with E-state index in [0.29, 0.717) is 12.2 Å². The van der Waals surface area contributed by atoms with E-state index in [-0.39, 0.29) is 11.9 Å². The Morgan fingerprint density at radius 1 is 1.25 bits per heavy atom. The molecule has 5 heteroatoms. The number of hydrogen-bond acceptors (Lipinski definition) is 4. The molecule has 0 aliphatic heterocycles. The predicted octanol–water partition coefficient (Wildman–Crippen LogP) is 2.28. The van der Waals surface area contributed by atoms with Crippen molar-refractivity contribution >= 4 is 12.1 Å². The summed E-state index contributed by atoms with van der Waals surface area (Å²) in [5.74, 6) is -0.230. The number of hydrogen-bond donors (Lipinski definition) is 1. The molecule has 1 aliphatic rings. The van der Waals surface area contributed by atoms with Crippen LogP contribution in [0.15, 0.2) is 42.5 Å². The van der Waals surface area contributed by atoms with Crippen LogP contribution in [0.5, 0.6) is 5.75 Å². The standard InChI is InChI=1S/C15H17NO4/c1-19-14(17)12-9-5-6-10-13(12)16-15(18)20-11-7-3-2-4-8-11/h2-4,6-8,10,12-13H,5,9H2,1H3,(H,16,18)/t12-,13+/m1/s1. The van der Waals surface area contributed by atoms with E-state index in [1.54, 1.807) is 30.3 Å². The van der Waals surface area contributed by atoms with Crippen LogP contribution in [0.3, 0.4) is 0 Å². The van der Waals surface area contributed by atoms with Crippen LogP contribution in [0.25, 0.3) is 0 Å². The summed E-state index contributed by atoms with van der Waals surface area (Å²) in [6.07, 6.45) is 4.61. The van der Waals surface area contributed by atoms with Crippen LogP contribution in [0.2, 0.25) is 0 Å². The van der Waals surface area contributed by atoms with E-state index in [4.69, 9.17) is 9.47 Å². The number of para-hydroxylation sites is 1. The van der Waals surface area contributed by atoms with E-state index in [1.165, 1.54) is 7.11 Å². The largest absolute Gasteiger partial charge is 0.469 e. The fraction of sp³-hybridized carbons (Fsp3) is 0.333. The number of benzene rings is 1. The van der Waals surface area contributed by atoms with Crippen LogP contribution in [-0.4, -0.2) is 25.2 Å². The second-order valence-electron chi connectivity index (χ2n) is 4.51. The second-order valence-corrected chi connectivity index (χ2v) is 4.51. The van der Waals surface area contributed by atoms with Gasteiger partial charge in [0.15, 0.2) is 0 Å². The zero-order valence-corrected chi connectivity index (χ0v) is 11.2. The lowest BCUT2D eigenvalue weighted by atomic mass is 9.90. The highest BCUT2D eigenvalue weighted by atomic mass is 16.6. The summed E-state index contributed by atoms with van der Waals surface area (Å²) in [7, 11) is 1.35. The van der Waals surface area contributed by atoms with Gasteiger partial charge in [-0.2, -0.15) is 0 Å². The van der Waals surface area contributed by atoms with Crippen LogP contribution >= 0.6 is 0 Å². The van der Waals surface area contributed by atoms with Crippen LogP contribution in [0.1, 0.15) is 12.8 Å². The Morgan fingerprint density at radius 3 is 2.70 bits per heavy atom. The number of amides is 1. The summed E-state index contributed by atoms with van der Waals surface area (Å²) >= 11 is 0. The number of carbonyl (C=O) groups is 2. The lowest BCUT2D eigenvalue weighted by molar-refractivity contribution is -0.146. The molecule has 0 heterocycles. The topological polar surface area (TPSA) is 64.6 Å². The van der Waals surface area contributed by atoms with Crippen molar-refractivity contribution in [1.82, 2.24) is 5.32 Å². The average Bonchev–Trinajstić information content (AvgIpc) is 2.48. The van der Waals surface area contributed by atoms with Crippen molar-refractivity contribution < 1.29 is 19.1 Å². The Bertz CT molecular complexity index is 498. The number of methoxy groups -OCH3 is 1. The van der Waals surface area contributed by atoms with Crippen molar-refractivity contribution in [1.29, 1.82) is 0 Å². The third-order valence-electron chi connectivity index (χ3n) is 3.16. The highest BCUT2D eigenvalue weighted by Gasteiger charge is 2.30. The van der Waals surface area contributed by atoms with Gasteiger partial charge in [-0.05, 0) is 25.0 Å². The van der Waals surface area contributed by atoms with E-state index in [2.05, 4.69) is 5.32 Å². The minimum Gasteiger partial charge on any atom is -0.469 e. The second kappa shape index (κ2) is 6.75. The van der Waals surface area contributed by atoms with E-state index in [9.17, 15) is 9.59 Å². The molecule has 1 aliphatic carbocycles. The van der Waals surface area contributed by atoms with Crippen molar-refractivity contribution in [3.05, 3.63) is 42.5 Å². The molecule has 1 N–H and O–H groups in total. The van der Waals surface area contributed by atoms with Gasteiger partial charge in [0.25, 0.3) is 0 Å². The lowest BCUT2D eigenvalue weighted by Crippen LogP contribution is -2.44. The van der Waals surface area contributed by atoms with Crippen molar-refractivity contribution in [3.63, 3.8) is 0 Å². The number of rotatable bonds is 3. The van der Waals surface area contributed by atoms with Gasteiger partial charge in [-0.1, -0.05) is 30.4 Å². The maximum Gasteiger partial charge on any atom is 0.413 e. The molecule has 1 aromatic carbocycles. The van der Waals surface area contributed by atoms with Gasteiger partial charge in [-0.15, -0.1) is 0 Å².